The molecule has 3 N–H and O–H groups in total. The van der Waals surface area contributed by atoms with Gasteiger partial charge in [0.1, 0.15) is 11.4 Å². The van der Waals surface area contributed by atoms with Crippen LogP contribution < -0.4 is 10.9 Å². The van der Waals surface area contributed by atoms with Gasteiger partial charge in [-0.2, -0.15) is 10.2 Å². The van der Waals surface area contributed by atoms with Crippen molar-refractivity contribution in [3.05, 3.63) is 38.9 Å². The lowest BCUT2D eigenvalue weighted by Gasteiger charge is -2.07. The van der Waals surface area contributed by atoms with Crippen LogP contribution in [0.25, 0.3) is 0 Å². The van der Waals surface area contributed by atoms with Crippen molar-refractivity contribution < 1.29 is 4.79 Å². The Morgan fingerprint density at radius 1 is 1.37 bits per heavy atom. The fraction of sp³-hybridized carbons (Fsp3) is 0.333. The number of hydrogen-bond acceptors (Lipinski definition) is 4. The van der Waals surface area contributed by atoms with Gasteiger partial charge in [-0.15, -0.1) is 0 Å². The summed E-state index contributed by atoms with van der Waals surface area (Å²) in [7, 11) is 0. The van der Waals surface area contributed by atoms with Crippen molar-refractivity contribution in [1.29, 1.82) is 0 Å². The summed E-state index contributed by atoms with van der Waals surface area (Å²) in [4.78, 5) is 23.9. The van der Waals surface area contributed by atoms with Gasteiger partial charge >= 0.3 is 0 Å². The molecule has 0 aliphatic carbocycles. The van der Waals surface area contributed by atoms with Crippen LogP contribution in [0.1, 0.15) is 34.1 Å². The molecule has 0 bridgehead atoms. The zero-order valence-corrected chi connectivity index (χ0v) is 11.0. The minimum absolute atomic E-state index is 0.0733. The van der Waals surface area contributed by atoms with Crippen molar-refractivity contribution in [2.24, 2.45) is 0 Å². The van der Waals surface area contributed by atoms with Crippen molar-refractivity contribution in [2.75, 3.05) is 5.32 Å². The maximum atomic E-state index is 12.2. The lowest BCUT2D eigenvalue weighted by atomic mass is 10.1. The molecular formula is C12H15N5O2. The molecule has 0 aromatic carbocycles. The monoisotopic (exact) mass is 261 g/mol. The van der Waals surface area contributed by atoms with E-state index < -0.39 is 11.5 Å². The summed E-state index contributed by atoms with van der Waals surface area (Å²) in [5.41, 5.74) is 1.64. The molecule has 0 atom stereocenters. The summed E-state index contributed by atoms with van der Waals surface area (Å²) in [6.07, 6.45) is 2.38. The first-order chi connectivity index (χ1) is 9.04. The van der Waals surface area contributed by atoms with Crippen LogP contribution in [0.15, 0.2) is 11.0 Å². The quantitative estimate of drug-likeness (QED) is 0.764. The van der Waals surface area contributed by atoms with Gasteiger partial charge in [0, 0.05) is 5.56 Å². The highest BCUT2D eigenvalue weighted by molar-refractivity contribution is 6.04. The fourth-order valence-corrected chi connectivity index (χ4v) is 1.76. The Morgan fingerprint density at radius 3 is 2.79 bits per heavy atom. The number of nitrogens with zero attached hydrogens (tertiary/aromatic N) is 2. The molecule has 2 heterocycles. The van der Waals surface area contributed by atoms with Crippen LogP contribution in [-0.4, -0.2) is 26.3 Å². The van der Waals surface area contributed by atoms with Crippen molar-refractivity contribution in [3.63, 3.8) is 0 Å². The number of aryl methyl sites for hydroxylation is 2. The maximum Gasteiger partial charge on any atom is 0.277 e. The molecule has 2 aromatic heterocycles. The highest BCUT2D eigenvalue weighted by Gasteiger charge is 2.17. The van der Waals surface area contributed by atoms with Gasteiger partial charge in [0.05, 0.1) is 11.9 Å². The van der Waals surface area contributed by atoms with Crippen LogP contribution in [0.4, 0.5) is 5.82 Å². The maximum absolute atomic E-state index is 12.2. The van der Waals surface area contributed by atoms with Crippen molar-refractivity contribution >= 4 is 11.7 Å². The Balaban J connectivity index is 2.36. The van der Waals surface area contributed by atoms with Crippen molar-refractivity contribution in [3.8, 4) is 0 Å². The molecule has 0 aliphatic rings. The number of hydrogen-bond donors (Lipinski definition) is 3. The van der Waals surface area contributed by atoms with E-state index >= 15 is 0 Å². The average Bonchev–Trinajstić information content (AvgIpc) is 2.81. The zero-order chi connectivity index (χ0) is 14.0. The second kappa shape index (κ2) is 5.05. The molecule has 100 valence electrons. The molecule has 19 heavy (non-hydrogen) atoms. The molecule has 0 spiro atoms. The van der Waals surface area contributed by atoms with E-state index in [2.05, 4.69) is 25.7 Å². The number of amides is 1. The number of rotatable bonds is 3. The molecule has 0 fully saturated rings. The Morgan fingerprint density at radius 2 is 2.11 bits per heavy atom. The second-order valence-electron chi connectivity index (χ2n) is 4.22. The topological polar surface area (TPSA) is 104 Å². The normalized spacial score (nSPS) is 10.5. The Bertz CT molecular complexity index is 671. The third-order valence-corrected chi connectivity index (χ3v) is 3.03. The smallest absolute Gasteiger partial charge is 0.277 e. The molecule has 7 nitrogen and oxygen atoms in total. The number of carbonyl (C=O) groups excluding carboxylic acids is 1. The Labute approximate surface area is 109 Å². The number of aromatic amines is 2. The molecular weight excluding hydrogens is 246 g/mol. The molecule has 0 unspecified atom stereocenters. The van der Waals surface area contributed by atoms with Crippen LogP contribution >= 0.6 is 0 Å². The van der Waals surface area contributed by atoms with Gasteiger partial charge in [0.15, 0.2) is 0 Å². The Kier molecular flexibility index (Phi) is 3.46. The lowest BCUT2D eigenvalue weighted by Crippen LogP contribution is -2.26. The third kappa shape index (κ3) is 2.40. The number of anilines is 1. The number of carbonyl (C=O) groups is 1. The van der Waals surface area contributed by atoms with E-state index in [-0.39, 0.29) is 5.56 Å². The third-order valence-electron chi connectivity index (χ3n) is 3.03. The lowest BCUT2D eigenvalue weighted by molar-refractivity contribution is 0.102. The summed E-state index contributed by atoms with van der Waals surface area (Å²) < 4.78 is 0. The first-order valence-corrected chi connectivity index (χ1v) is 5.94. The van der Waals surface area contributed by atoms with Crippen LogP contribution in [-0.2, 0) is 6.42 Å². The molecule has 2 aromatic rings. The van der Waals surface area contributed by atoms with Crippen LogP contribution in [0.3, 0.4) is 0 Å². The summed E-state index contributed by atoms with van der Waals surface area (Å²) in [6, 6.07) is 0. The molecule has 0 aliphatic heterocycles. The summed E-state index contributed by atoms with van der Waals surface area (Å²) in [5, 5.41) is 15.3. The number of aromatic nitrogens is 4. The molecule has 2 rings (SSSR count). The van der Waals surface area contributed by atoms with Gasteiger partial charge in [-0.1, -0.05) is 6.92 Å². The highest BCUT2D eigenvalue weighted by Crippen LogP contribution is 2.13. The van der Waals surface area contributed by atoms with E-state index in [0.29, 0.717) is 17.1 Å². The van der Waals surface area contributed by atoms with Gasteiger partial charge in [-0.25, -0.2) is 5.10 Å². The zero-order valence-electron chi connectivity index (χ0n) is 11.0. The number of H-pyrrole nitrogens is 2. The average molecular weight is 261 g/mol. The van der Waals surface area contributed by atoms with E-state index in [1.54, 1.807) is 20.0 Å². The van der Waals surface area contributed by atoms with Crippen molar-refractivity contribution in [1.82, 2.24) is 20.4 Å². The molecule has 7 heteroatoms. The second-order valence-corrected chi connectivity index (χ2v) is 4.22. The van der Waals surface area contributed by atoms with E-state index in [1.807, 2.05) is 6.92 Å². The van der Waals surface area contributed by atoms with Crippen LogP contribution in [0, 0.1) is 13.8 Å². The SMILES string of the molecule is CCc1cn[nH]c1NC(=O)c1c(C)c(C)n[nH]c1=O. The summed E-state index contributed by atoms with van der Waals surface area (Å²) in [6.45, 7) is 5.38. The predicted molar refractivity (Wildman–Crippen MR) is 70.3 cm³/mol. The molecule has 0 radical (unpaired) electrons. The van der Waals surface area contributed by atoms with Gasteiger partial charge in [0.2, 0.25) is 0 Å². The first kappa shape index (κ1) is 13.0. The fourth-order valence-electron chi connectivity index (χ4n) is 1.76. The predicted octanol–water partition coefficient (Wildman–Crippen LogP) is 0.925. The van der Waals surface area contributed by atoms with Gasteiger partial charge in [0.25, 0.3) is 11.5 Å². The van der Waals surface area contributed by atoms with E-state index in [4.69, 9.17) is 0 Å². The highest BCUT2D eigenvalue weighted by atomic mass is 16.2. The van der Waals surface area contributed by atoms with E-state index in [1.165, 1.54) is 0 Å². The van der Waals surface area contributed by atoms with Gasteiger partial charge < -0.3 is 5.32 Å². The first-order valence-electron chi connectivity index (χ1n) is 5.94. The molecule has 1 amide bonds. The largest absolute Gasteiger partial charge is 0.307 e. The van der Waals surface area contributed by atoms with Crippen LogP contribution in [0.5, 0.6) is 0 Å². The summed E-state index contributed by atoms with van der Waals surface area (Å²) >= 11 is 0. The minimum atomic E-state index is -0.502. The van der Waals surface area contributed by atoms with E-state index in [9.17, 15) is 9.59 Å². The Hall–Kier alpha value is -2.44. The van der Waals surface area contributed by atoms with E-state index in [0.717, 1.165) is 12.0 Å². The van der Waals surface area contributed by atoms with Gasteiger partial charge in [-0.05, 0) is 25.8 Å². The standard InChI is InChI=1S/C12H15N5O2/c1-4-8-5-13-16-10(8)14-11(18)9-6(2)7(3)15-17-12(9)19/h5H,4H2,1-3H3,(H,17,19)(H2,13,14,16,18). The summed E-state index contributed by atoms with van der Waals surface area (Å²) in [5.74, 6) is 0.0453. The minimum Gasteiger partial charge on any atom is -0.307 e. The van der Waals surface area contributed by atoms with Crippen molar-refractivity contribution in [2.45, 2.75) is 27.2 Å². The molecule has 0 saturated heterocycles. The molecule has 0 saturated carbocycles. The van der Waals surface area contributed by atoms with Crippen LogP contribution in [0.2, 0.25) is 0 Å². The number of nitrogens with one attached hydrogen (secondary N) is 3. The van der Waals surface area contributed by atoms with Gasteiger partial charge in [-0.3, -0.25) is 14.7 Å².